The number of pyridine rings is 1. The number of hydrogen-bond donors (Lipinski definition) is 1. The number of carbonyl (C=O) groups is 3. The zero-order chi connectivity index (χ0) is 29.8. The smallest absolute Gasteiger partial charge is 0.332 e. The fourth-order valence-corrected chi connectivity index (χ4v) is 5.91. The van der Waals surface area contributed by atoms with Crippen molar-refractivity contribution < 1.29 is 14.4 Å². The van der Waals surface area contributed by atoms with Crippen LogP contribution in [0.3, 0.4) is 0 Å². The number of rotatable bonds is 9. The summed E-state index contributed by atoms with van der Waals surface area (Å²) in [6, 6.07) is 30.1. The third-order valence-electron chi connectivity index (χ3n) is 7.98. The second-order valence-electron chi connectivity index (χ2n) is 10.8. The Hall–Kier alpha value is -5.02. The maximum atomic E-state index is 14.1. The standard InChI is InChI=1S/C34H34N6O3/c1-2-19-38(34(43)35-21-26-13-7-4-8-14-26)39-24-32(41)40-30(20-25-11-5-3-6-12-25)33(42)37(23-31(39)40)22-28-18-17-27-15-9-10-16-29(27)36-28/h2-18,30-31H,1,19-24H2,(H,35,43)/t30-,31+/m0/s1. The van der Waals surface area contributed by atoms with Gasteiger partial charge in [0.1, 0.15) is 12.2 Å². The van der Waals surface area contributed by atoms with E-state index < -0.39 is 12.2 Å². The number of aromatic nitrogens is 1. The van der Waals surface area contributed by atoms with Gasteiger partial charge < -0.3 is 15.1 Å². The number of nitrogens with zero attached hydrogens (tertiary/aromatic N) is 5. The van der Waals surface area contributed by atoms with Gasteiger partial charge in [0, 0.05) is 18.4 Å². The highest BCUT2D eigenvalue weighted by atomic mass is 16.2. The van der Waals surface area contributed by atoms with Crippen molar-refractivity contribution in [3.05, 3.63) is 127 Å². The molecule has 9 heteroatoms. The van der Waals surface area contributed by atoms with Crippen LogP contribution in [0.25, 0.3) is 10.9 Å². The lowest BCUT2D eigenvalue weighted by Gasteiger charge is -2.46. The molecule has 0 unspecified atom stereocenters. The summed E-state index contributed by atoms with van der Waals surface area (Å²) < 4.78 is 0. The molecule has 1 aromatic heterocycles. The lowest BCUT2D eigenvalue weighted by Crippen LogP contribution is -2.66. The molecule has 2 aliphatic rings. The molecular formula is C34H34N6O3. The molecule has 0 bridgehead atoms. The number of para-hydroxylation sites is 1. The summed E-state index contributed by atoms with van der Waals surface area (Å²) in [5.41, 5.74) is 3.55. The third-order valence-corrected chi connectivity index (χ3v) is 7.98. The second kappa shape index (κ2) is 12.5. The van der Waals surface area contributed by atoms with Crippen molar-refractivity contribution in [2.24, 2.45) is 0 Å². The summed E-state index contributed by atoms with van der Waals surface area (Å²) in [5, 5.41) is 7.30. The zero-order valence-electron chi connectivity index (χ0n) is 23.9. The monoisotopic (exact) mass is 574 g/mol. The summed E-state index contributed by atoms with van der Waals surface area (Å²) in [6.07, 6.45) is 1.49. The molecule has 4 amide bonds. The summed E-state index contributed by atoms with van der Waals surface area (Å²) in [6.45, 7) is 4.93. The van der Waals surface area contributed by atoms with E-state index in [1.54, 1.807) is 20.9 Å². The van der Waals surface area contributed by atoms with Crippen LogP contribution in [-0.4, -0.2) is 74.5 Å². The first-order valence-corrected chi connectivity index (χ1v) is 14.5. The van der Waals surface area contributed by atoms with Crippen LogP contribution in [0.5, 0.6) is 0 Å². The average Bonchev–Trinajstić information content (AvgIpc) is 3.36. The third kappa shape index (κ3) is 5.98. The Balaban J connectivity index is 1.29. The summed E-state index contributed by atoms with van der Waals surface area (Å²) >= 11 is 0. The Morgan fingerprint density at radius 3 is 2.37 bits per heavy atom. The van der Waals surface area contributed by atoms with Gasteiger partial charge in [-0.15, -0.1) is 6.58 Å². The average molecular weight is 575 g/mol. The van der Waals surface area contributed by atoms with Gasteiger partial charge in [-0.2, -0.15) is 5.01 Å². The van der Waals surface area contributed by atoms with Crippen molar-refractivity contribution in [2.75, 3.05) is 19.6 Å². The number of hydrogen-bond acceptors (Lipinski definition) is 5. The molecule has 0 saturated carbocycles. The Kier molecular flexibility index (Phi) is 8.15. The van der Waals surface area contributed by atoms with Gasteiger partial charge in [0.15, 0.2) is 0 Å². The highest BCUT2D eigenvalue weighted by Gasteiger charge is 2.52. The molecule has 2 atom stereocenters. The largest absolute Gasteiger partial charge is 0.333 e. The normalized spacial score (nSPS) is 18.5. The Morgan fingerprint density at radius 2 is 1.63 bits per heavy atom. The predicted octanol–water partition coefficient (Wildman–Crippen LogP) is 3.97. The lowest BCUT2D eigenvalue weighted by molar-refractivity contribution is -0.157. The van der Waals surface area contributed by atoms with E-state index in [4.69, 9.17) is 4.98 Å². The number of amides is 4. The van der Waals surface area contributed by atoms with Gasteiger partial charge in [0.05, 0.1) is 37.4 Å². The van der Waals surface area contributed by atoms with Crippen LogP contribution in [-0.2, 0) is 29.1 Å². The second-order valence-corrected chi connectivity index (χ2v) is 10.8. The zero-order valence-corrected chi connectivity index (χ0v) is 23.9. The molecule has 6 rings (SSSR count). The van der Waals surface area contributed by atoms with Gasteiger partial charge >= 0.3 is 6.03 Å². The molecule has 0 spiro atoms. The predicted molar refractivity (Wildman–Crippen MR) is 164 cm³/mol. The Bertz CT molecular complexity index is 1630. The maximum absolute atomic E-state index is 14.1. The van der Waals surface area contributed by atoms with E-state index in [-0.39, 0.29) is 37.5 Å². The van der Waals surface area contributed by atoms with Crippen molar-refractivity contribution in [3.8, 4) is 0 Å². The first-order valence-electron chi connectivity index (χ1n) is 14.5. The van der Waals surface area contributed by atoms with Crippen molar-refractivity contribution in [3.63, 3.8) is 0 Å². The number of nitrogens with one attached hydrogen (secondary N) is 1. The van der Waals surface area contributed by atoms with Gasteiger partial charge in [-0.25, -0.2) is 4.79 Å². The van der Waals surface area contributed by atoms with E-state index in [0.717, 1.165) is 27.7 Å². The molecule has 2 saturated heterocycles. The number of carbonyl (C=O) groups excluding carboxylic acids is 3. The van der Waals surface area contributed by atoms with Gasteiger partial charge in [0.25, 0.3) is 0 Å². The molecule has 2 aliphatic heterocycles. The fourth-order valence-electron chi connectivity index (χ4n) is 5.91. The Labute approximate surface area is 251 Å². The first-order chi connectivity index (χ1) is 21.0. The highest BCUT2D eigenvalue weighted by molar-refractivity contribution is 5.92. The topological polar surface area (TPSA) is 89.1 Å². The van der Waals surface area contributed by atoms with Crippen molar-refractivity contribution in [2.45, 2.75) is 31.7 Å². The molecule has 2 fully saturated rings. The van der Waals surface area contributed by atoms with E-state index in [1.165, 1.54) is 5.01 Å². The van der Waals surface area contributed by atoms with Gasteiger partial charge in [-0.05, 0) is 23.3 Å². The fraction of sp³-hybridized carbons (Fsp3) is 0.235. The molecule has 43 heavy (non-hydrogen) atoms. The molecule has 1 N–H and O–H groups in total. The van der Waals surface area contributed by atoms with Crippen LogP contribution >= 0.6 is 0 Å². The van der Waals surface area contributed by atoms with Crippen LogP contribution in [0, 0.1) is 0 Å². The van der Waals surface area contributed by atoms with Gasteiger partial charge in [-0.1, -0.05) is 91.0 Å². The maximum Gasteiger partial charge on any atom is 0.332 e. The van der Waals surface area contributed by atoms with Crippen molar-refractivity contribution >= 4 is 28.7 Å². The molecule has 9 nitrogen and oxygen atoms in total. The highest BCUT2D eigenvalue weighted by Crippen LogP contribution is 2.30. The number of hydrazine groups is 1. The minimum atomic E-state index is -0.711. The molecule has 0 aliphatic carbocycles. The Morgan fingerprint density at radius 1 is 0.930 bits per heavy atom. The molecule has 218 valence electrons. The van der Waals surface area contributed by atoms with Gasteiger partial charge in [0.2, 0.25) is 11.8 Å². The minimum absolute atomic E-state index is 0.0160. The van der Waals surface area contributed by atoms with Crippen molar-refractivity contribution in [1.82, 2.24) is 30.1 Å². The summed E-state index contributed by atoms with van der Waals surface area (Å²) in [4.78, 5) is 49.4. The van der Waals surface area contributed by atoms with Crippen LogP contribution in [0.1, 0.15) is 16.8 Å². The molecule has 4 aromatic rings. The van der Waals surface area contributed by atoms with E-state index >= 15 is 0 Å². The van der Waals surface area contributed by atoms with E-state index in [2.05, 4.69) is 11.9 Å². The molecule has 3 heterocycles. The van der Waals surface area contributed by atoms with Gasteiger partial charge in [-0.3, -0.25) is 19.6 Å². The quantitative estimate of drug-likeness (QED) is 0.306. The SMILES string of the molecule is C=CCN(C(=O)NCc1ccccc1)N1CC(=O)N2[C@@H](Cc3ccccc3)C(=O)N(Cc3ccc4ccccc4n3)C[C@@H]21. The molecular weight excluding hydrogens is 540 g/mol. The first kappa shape index (κ1) is 28.1. The summed E-state index contributed by atoms with van der Waals surface area (Å²) in [7, 11) is 0. The van der Waals surface area contributed by atoms with Crippen LogP contribution < -0.4 is 5.32 Å². The molecule has 3 aromatic carbocycles. The van der Waals surface area contributed by atoms with Crippen LogP contribution in [0.15, 0.2) is 110 Å². The number of benzene rings is 3. The van der Waals surface area contributed by atoms with Crippen molar-refractivity contribution in [1.29, 1.82) is 0 Å². The number of fused-ring (bicyclic) bond motifs is 2. The van der Waals surface area contributed by atoms with Crippen LogP contribution in [0.2, 0.25) is 0 Å². The lowest BCUT2D eigenvalue weighted by atomic mass is 10.0. The van der Waals surface area contributed by atoms with E-state index in [1.807, 2.05) is 97.1 Å². The van der Waals surface area contributed by atoms with E-state index in [9.17, 15) is 14.4 Å². The van der Waals surface area contributed by atoms with E-state index in [0.29, 0.717) is 19.5 Å². The minimum Gasteiger partial charge on any atom is -0.333 e. The summed E-state index contributed by atoms with van der Waals surface area (Å²) in [5.74, 6) is -0.318. The molecule has 0 radical (unpaired) electrons. The number of urea groups is 1. The van der Waals surface area contributed by atoms with Crippen LogP contribution in [0.4, 0.5) is 4.79 Å². The number of piperazine rings is 1.